The molecule has 0 aromatic rings. The van der Waals surface area contributed by atoms with E-state index in [9.17, 15) is 19.5 Å². The Morgan fingerprint density at radius 1 is 0.820 bits per heavy atom. The highest BCUT2D eigenvalue weighted by Gasteiger charge is 2.71. The van der Waals surface area contributed by atoms with Gasteiger partial charge in [0.2, 0.25) is 0 Å². The average Bonchev–Trinajstić information content (AvgIpc) is 3.65. The Morgan fingerprint density at radius 3 is 2.22 bits per heavy atom. The van der Waals surface area contributed by atoms with Crippen molar-refractivity contribution in [2.75, 3.05) is 13.2 Å². The van der Waals surface area contributed by atoms with Gasteiger partial charge in [-0.15, -0.1) is 0 Å². The molecule has 50 heavy (non-hydrogen) atoms. The van der Waals surface area contributed by atoms with Gasteiger partial charge in [-0.3, -0.25) is 14.4 Å². The van der Waals surface area contributed by atoms with Gasteiger partial charge in [0.1, 0.15) is 12.2 Å². The van der Waals surface area contributed by atoms with Gasteiger partial charge in [0, 0.05) is 18.3 Å². The van der Waals surface area contributed by atoms with E-state index in [1.807, 2.05) is 13.8 Å². The minimum Gasteiger partial charge on any atom is -0.481 e. The Balaban J connectivity index is 1.20. The molecule has 6 aliphatic rings. The predicted octanol–water partition coefficient (Wildman–Crippen LogP) is 9.56. The first kappa shape index (κ1) is 37.9. The highest BCUT2D eigenvalue weighted by molar-refractivity contribution is 5.73. The summed E-state index contributed by atoms with van der Waals surface area (Å²) >= 11 is 0. The summed E-state index contributed by atoms with van der Waals surface area (Å²) in [6.45, 7) is 24.3. The monoisotopic (exact) mass is 696 g/mol. The van der Waals surface area contributed by atoms with E-state index < -0.39 is 11.4 Å². The van der Waals surface area contributed by atoms with Crippen LogP contribution < -0.4 is 0 Å². The van der Waals surface area contributed by atoms with Gasteiger partial charge in [0.05, 0.1) is 26.1 Å². The third-order valence-corrected chi connectivity index (χ3v) is 16.7. The molecule has 0 amide bonds. The summed E-state index contributed by atoms with van der Waals surface area (Å²) in [5, 5.41) is 9.34. The molecule has 6 fully saturated rings. The number of hydrogen-bond acceptors (Lipinski definition) is 6. The molecule has 1 aliphatic heterocycles. The Labute approximate surface area is 302 Å². The quantitative estimate of drug-likeness (QED) is 0.179. The maximum atomic E-state index is 13.2. The molecule has 0 aromatic heterocycles. The maximum absolute atomic E-state index is 13.2. The molecule has 282 valence electrons. The first-order valence-corrected chi connectivity index (χ1v) is 20.1. The fourth-order valence-electron chi connectivity index (χ4n) is 14.2. The van der Waals surface area contributed by atoms with Gasteiger partial charge in [-0.25, -0.2) is 0 Å². The van der Waals surface area contributed by atoms with Crippen molar-refractivity contribution in [1.82, 2.24) is 0 Å². The lowest BCUT2D eigenvalue weighted by Crippen LogP contribution is -2.66. The van der Waals surface area contributed by atoms with Crippen molar-refractivity contribution in [3.63, 3.8) is 0 Å². The number of carboxylic acid groups (broad SMARTS) is 1. The van der Waals surface area contributed by atoms with Crippen LogP contribution in [0.3, 0.4) is 0 Å². The lowest BCUT2D eigenvalue weighted by atomic mass is 9.32. The third kappa shape index (κ3) is 6.29. The number of hydrogen-bond donors (Lipinski definition) is 1. The number of carboxylic acids is 1. The van der Waals surface area contributed by atoms with Crippen molar-refractivity contribution in [2.24, 2.45) is 62.1 Å². The maximum Gasteiger partial charge on any atom is 0.306 e. The van der Waals surface area contributed by atoms with Crippen LogP contribution in [0.2, 0.25) is 0 Å². The number of fused-ring (bicyclic) bond motifs is 7. The SMILES string of the molecule is C=C(C)[C@@H]1CC[C@]2(CCC(=O)OC3CCOC3)CC[C@]3(C)[C@H](CC[C@@H]4[C@@]5(C)CC[C@H](OC(=O)CC(C)(C)CC(=O)O)C(C)(C)[C@@H]5CC[C@]43C)[C@@H]12. The number of esters is 2. The fraction of sp³-hybridized carbons (Fsp3) is 0.884. The molecule has 5 saturated carbocycles. The first-order valence-electron chi connectivity index (χ1n) is 20.1. The summed E-state index contributed by atoms with van der Waals surface area (Å²) in [5.41, 5.74) is 1.34. The summed E-state index contributed by atoms with van der Waals surface area (Å²) in [7, 11) is 0. The largest absolute Gasteiger partial charge is 0.481 e. The number of ether oxygens (including phenoxy) is 3. The Hall–Kier alpha value is -1.89. The van der Waals surface area contributed by atoms with Crippen LogP contribution in [0.25, 0.3) is 0 Å². The highest BCUT2D eigenvalue weighted by atomic mass is 16.6. The van der Waals surface area contributed by atoms with Gasteiger partial charge >= 0.3 is 17.9 Å². The zero-order valence-corrected chi connectivity index (χ0v) is 32.7. The topological polar surface area (TPSA) is 99.1 Å². The van der Waals surface area contributed by atoms with E-state index >= 15 is 0 Å². The average molecular weight is 697 g/mol. The van der Waals surface area contributed by atoms with E-state index in [4.69, 9.17) is 14.2 Å². The van der Waals surface area contributed by atoms with Crippen molar-refractivity contribution in [3.8, 4) is 0 Å². The molecule has 11 atom stereocenters. The Morgan fingerprint density at radius 2 is 1.56 bits per heavy atom. The molecule has 1 saturated heterocycles. The van der Waals surface area contributed by atoms with Gasteiger partial charge in [-0.1, -0.05) is 60.6 Å². The molecule has 0 radical (unpaired) electrons. The van der Waals surface area contributed by atoms with Crippen LogP contribution in [-0.4, -0.2) is 48.4 Å². The van der Waals surface area contributed by atoms with Crippen molar-refractivity contribution in [2.45, 2.75) is 164 Å². The molecule has 7 heteroatoms. The second-order valence-electron chi connectivity index (χ2n) is 20.3. The molecule has 1 unspecified atom stereocenters. The van der Waals surface area contributed by atoms with Gasteiger partial charge in [0.15, 0.2) is 0 Å². The van der Waals surface area contributed by atoms with E-state index in [0.29, 0.717) is 49.2 Å². The molecule has 1 N–H and O–H groups in total. The summed E-state index contributed by atoms with van der Waals surface area (Å²) in [4.78, 5) is 37.7. The van der Waals surface area contributed by atoms with Crippen LogP contribution in [0.1, 0.15) is 152 Å². The van der Waals surface area contributed by atoms with E-state index in [1.165, 1.54) is 50.5 Å². The zero-order chi connectivity index (χ0) is 36.5. The Bertz CT molecular complexity index is 1340. The zero-order valence-electron chi connectivity index (χ0n) is 32.7. The smallest absolute Gasteiger partial charge is 0.306 e. The van der Waals surface area contributed by atoms with Crippen molar-refractivity contribution in [1.29, 1.82) is 0 Å². The molecule has 0 spiro atoms. The molecule has 6 rings (SSSR count). The number of rotatable bonds is 10. The van der Waals surface area contributed by atoms with Gasteiger partial charge < -0.3 is 19.3 Å². The number of aliphatic carboxylic acids is 1. The van der Waals surface area contributed by atoms with Crippen molar-refractivity contribution >= 4 is 17.9 Å². The van der Waals surface area contributed by atoms with E-state index in [1.54, 1.807) is 0 Å². The minimum atomic E-state index is -0.882. The molecule has 5 aliphatic carbocycles. The fourth-order valence-corrected chi connectivity index (χ4v) is 14.2. The van der Waals surface area contributed by atoms with Crippen molar-refractivity contribution in [3.05, 3.63) is 12.2 Å². The normalized spacial score (nSPS) is 43.5. The van der Waals surface area contributed by atoms with E-state index in [0.717, 1.165) is 32.1 Å². The summed E-state index contributed by atoms with van der Waals surface area (Å²) in [6.07, 6.45) is 13.7. The van der Waals surface area contributed by atoms with Gasteiger partial charge in [-0.05, 0) is 134 Å². The lowest BCUT2D eigenvalue weighted by molar-refractivity contribution is -0.250. The summed E-state index contributed by atoms with van der Waals surface area (Å²) in [6, 6.07) is 0. The number of allylic oxidation sites excluding steroid dienone is 1. The lowest BCUT2D eigenvalue weighted by Gasteiger charge is -2.73. The molecular weight excluding hydrogens is 628 g/mol. The van der Waals surface area contributed by atoms with Crippen LogP contribution in [0.15, 0.2) is 12.2 Å². The second-order valence-corrected chi connectivity index (χ2v) is 20.3. The highest BCUT2D eigenvalue weighted by Crippen LogP contribution is 2.78. The summed E-state index contributed by atoms with van der Waals surface area (Å²) < 4.78 is 17.6. The molecular formula is C43H68O7. The van der Waals surface area contributed by atoms with Crippen LogP contribution in [0.4, 0.5) is 0 Å². The van der Waals surface area contributed by atoms with Crippen LogP contribution in [0, 0.1) is 62.1 Å². The van der Waals surface area contributed by atoms with E-state index in [2.05, 4.69) is 48.1 Å². The van der Waals surface area contributed by atoms with Crippen LogP contribution in [-0.2, 0) is 28.6 Å². The molecule has 0 bridgehead atoms. The van der Waals surface area contributed by atoms with Gasteiger partial charge in [0.25, 0.3) is 0 Å². The predicted molar refractivity (Wildman–Crippen MR) is 194 cm³/mol. The number of carbonyl (C=O) groups is 3. The van der Waals surface area contributed by atoms with E-state index in [-0.39, 0.29) is 64.1 Å². The third-order valence-electron chi connectivity index (χ3n) is 16.7. The Kier molecular flexibility index (Phi) is 9.99. The first-order chi connectivity index (χ1) is 23.3. The molecule has 7 nitrogen and oxygen atoms in total. The van der Waals surface area contributed by atoms with Crippen molar-refractivity contribution < 1.29 is 33.7 Å². The second kappa shape index (κ2) is 13.2. The number of carbonyl (C=O) groups excluding carboxylic acids is 2. The van der Waals surface area contributed by atoms with Crippen LogP contribution >= 0.6 is 0 Å². The molecule has 0 aromatic carbocycles. The minimum absolute atomic E-state index is 0.0458. The standard InChI is InChI=1S/C43H68O7/c1-27(2)29-12-19-43(20-15-35(46)49-28-16-23-48-26-28)22-21-41(8)30(37(29)43)10-11-32-40(7)17-14-33(39(5,6)31(40)13-18-42(32,41)9)50-36(47)25-38(3,4)24-34(44)45/h28-33,37H,1,10-26H2,2-9H3,(H,44,45)/t28?,29-,30+,31-,32+,33-,37+,40-,41+,42+,43-/m0/s1. The molecule has 1 heterocycles. The summed E-state index contributed by atoms with van der Waals surface area (Å²) in [5.74, 6) is 1.60. The van der Waals surface area contributed by atoms with Gasteiger partial charge in [-0.2, -0.15) is 0 Å². The van der Waals surface area contributed by atoms with Crippen LogP contribution in [0.5, 0.6) is 0 Å².